The van der Waals surface area contributed by atoms with E-state index in [0.717, 1.165) is 30.8 Å². The van der Waals surface area contributed by atoms with Gasteiger partial charge in [-0.05, 0) is 37.8 Å². The Bertz CT molecular complexity index is 492. The van der Waals surface area contributed by atoms with E-state index in [1.165, 1.54) is 17.7 Å². The molecule has 2 unspecified atom stereocenters. The summed E-state index contributed by atoms with van der Waals surface area (Å²) in [6.45, 7) is 4.06. The first-order valence-corrected chi connectivity index (χ1v) is 7.44. The van der Waals surface area contributed by atoms with Crippen LogP contribution in [0.25, 0.3) is 0 Å². The van der Waals surface area contributed by atoms with Crippen LogP contribution in [0, 0.1) is 0 Å². The number of aromatic nitrogens is 1. The number of aliphatic hydroxyl groups is 1. The smallest absolute Gasteiger partial charge is 0.133 e. The van der Waals surface area contributed by atoms with Crippen LogP contribution in [0.5, 0.6) is 0 Å². The van der Waals surface area contributed by atoms with Crippen LogP contribution in [0.4, 0.5) is 5.82 Å². The van der Waals surface area contributed by atoms with E-state index in [1.54, 1.807) is 0 Å². The summed E-state index contributed by atoms with van der Waals surface area (Å²) >= 11 is 0. The summed E-state index contributed by atoms with van der Waals surface area (Å²) < 4.78 is 5.70. The number of aryl methyl sites for hydroxylation is 2. The van der Waals surface area contributed by atoms with Crippen LogP contribution in [0.2, 0.25) is 0 Å². The van der Waals surface area contributed by atoms with Crippen molar-refractivity contribution in [1.82, 2.24) is 4.98 Å². The molecule has 2 heterocycles. The number of hydrogen-bond donors (Lipinski definition) is 2. The second kappa shape index (κ2) is 5.68. The summed E-state index contributed by atoms with van der Waals surface area (Å²) in [6.07, 6.45) is 3.33. The zero-order valence-corrected chi connectivity index (χ0v) is 12.0. The fourth-order valence-electron chi connectivity index (χ4n) is 3.25. The van der Waals surface area contributed by atoms with E-state index in [9.17, 15) is 5.11 Å². The zero-order chi connectivity index (χ0) is 14.1. The lowest BCUT2D eigenvalue weighted by Gasteiger charge is -2.37. The van der Waals surface area contributed by atoms with E-state index in [-0.39, 0.29) is 18.8 Å². The summed E-state index contributed by atoms with van der Waals surface area (Å²) in [4.78, 5) is 7.08. The van der Waals surface area contributed by atoms with Crippen LogP contribution in [-0.2, 0) is 24.1 Å². The van der Waals surface area contributed by atoms with Gasteiger partial charge in [-0.1, -0.05) is 0 Å². The number of anilines is 1. The third-order valence-electron chi connectivity index (χ3n) is 4.16. The van der Waals surface area contributed by atoms with Gasteiger partial charge in [-0.3, -0.25) is 0 Å². The minimum absolute atomic E-state index is 0.0454. The van der Waals surface area contributed by atoms with Crippen molar-refractivity contribution in [3.05, 3.63) is 22.9 Å². The number of aliphatic hydroxyl groups excluding tert-OH is 1. The average molecular weight is 277 g/mol. The molecule has 20 heavy (non-hydrogen) atoms. The molecule has 1 fully saturated rings. The Kier molecular flexibility index (Phi) is 3.92. The highest BCUT2D eigenvalue weighted by molar-refractivity contribution is 5.51. The molecule has 3 rings (SSSR count). The molecule has 1 saturated heterocycles. The third kappa shape index (κ3) is 2.53. The summed E-state index contributed by atoms with van der Waals surface area (Å²) in [6, 6.07) is 2.22. The van der Waals surface area contributed by atoms with Crippen molar-refractivity contribution in [3.63, 3.8) is 0 Å². The van der Waals surface area contributed by atoms with Crippen LogP contribution in [0.15, 0.2) is 6.07 Å². The van der Waals surface area contributed by atoms with Gasteiger partial charge in [0, 0.05) is 30.9 Å². The lowest BCUT2D eigenvalue weighted by Crippen LogP contribution is -2.48. The van der Waals surface area contributed by atoms with E-state index in [2.05, 4.69) is 11.0 Å². The lowest BCUT2D eigenvalue weighted by molar-refractivity contribution is -0.0423. The second-order valence-corrected chi connectivity index (χ2v) is 5.79. The van der Waals surface area contributed by atoms with Gasteiger partial charge in [-0.25, -0.2) is 4.98 Å². The molecule has 0 radical (unpaired) electrons. The first kappa shape index (κ1) is 13.8. The van der Waals surface area contributed by atoms with Gasteiger partial charge in [-0.15, -0.1) is 0 Å². The van der Waals surface area contributed by atoms with Crippen LogP contribution in [0.1, 0.15) is 30.2 Å². The van der Waals surface area contributed by atoms with Gasteiger partial charge in [0.05, 0.1) is 18.8 Å². The van der Waals surface area contributed by atoms with Gasteiger partial charge in [0.2, 0.25) is 0 Å². The van der Waals surface area contributed by atoms with Gasteiger partial charge in [0.15, 0.2) is 0 Å². The van der Waals surface area contributed by atoms with E-state index < -0.39 is 0 Å². The van der Waals surface area contributed by atoms with Crippen LogP contribution < -0.4 is 10.6 Å². The molecular weight excluding hydrogens is 254 g/mol. The molecule has 1 aliphatic carbocycles. The number of fused-ring (bicyclic) bond motifs is 1. The number of rotatable bonds is 3. The number of ether oxygens (including phenoxy) is 1. The van der Waals surface area contributed by atoms with Crippen molar-refractivity contribution < 1.29 is 9.84 Å². The van der Waals surface area contributed by atoms with Crippen molar-refractivity contribution in [1.29, 1.82) is 0 Å². The molecular formula is C15H23N3O2. The summed E-state index contributed by atoms with van der Waals surface area (Å²) in [5.41, 5.74) is 9.59. The molecule has 1 aromatic heterocycles. The molecule has 0 saturated carbocycles. The lowest BCUT2D eigenvalue weighted by atomic mass is 10.1. The first-order chi connectivity index (χ1) is 9.71. The largest absolute Gasteiger partial charge is 0.394 e. The Hall–Kier alpha value is -1.17. The topological polar surface area (TPSA) is 71.6 Å². The fourth-order valence-corrected chi connectivity index (χ4v) is 3.25. The van der Waals surface area contributed by atoms with Gasteiger partial charge in [-0.2, -0.15) is 0 Å². The molecule has 110 valence electrons. The predicted molar refractivity (Wildman–Crippen MR) is 77.8 cm³/mol. The highest BCUT2D eigenvalue weighted by atomic mass is 16.5. The van der Waals surface area contributed by atoms with Gasteiger partial charge >= 0.3 is 0 Å². The third-order valence-corrected chi connectivity index (χ3v) is 4.16. The van der Waals surface area contributed by atoms with Crippen molar-refractivity contribution in [2.45, 2.75) is 44.9 Å². The molecule has 2 aliphatic rings. The Morgan fingerprint density at radius 2 is 2.30 bits per heavy atom. The molecule has 0 bridgehead atoms. The summed E-state index contributed by atoms with van der Waals surface area (Å²) in [7, 11) is 0. The monoisotopic (exact) mass is 277 g/mol. The number of hydrogen-bond acceptors (Lipinski definition) is 5. The van der Waals surface area contributed by atoms with Crippen LogP contribution in [-0.4, -0.2) is 42.0 Å². The number of nitrogens with two attached hydrogens (primary N) is 1. The average Bonchev–Trinajstić information content (AvgIpc) is 2.92. The van der Waals surface area contributed by atoms with E-state index in [4.69, 9.17) is 15.5 Å². The van der Waals surface area contributed by atoms with Gasteiger partial charge in [0.1, 0.15) is 5.82 Å². The molecule has 0 spiro atoms. The predicted octanol–water partition coefficient (Wildman–Crippen LogP) is 0.615. The van der Waals surface area contributed by atoms with Crippen LogP contribution in [0.3, 0.4) is 0 Å². The maximum atomic E-state index is 9.36. The Balaban J connectivity index is 1.92. The van der Waals surface area contributed by atoms with E-state index in [1.807, 2.05) is 6.92 Å². The van der Waals surface area contributed by atoms with E-state index in [0.29, 0.717) is 13.1 Å². The van der Waals surface area contributed by atoms with Crippen molar-refractivity contribution >= 4 is 5.82 Å². The molecule has 0 amide bonds. The molecule has 1 aliphatic heterocycles. The highest BCUT2D eigenvalue weighted by Gasteiger charge is 2.28. The quantitative estimate of drug-likeness (QED) is 0.847. The zero-order valence-electron chi connectivity index (χ0n) is 12.0. The number of morpholine rings is 1. The van der Waals surface area contributed by atoms with Gasteiger partial charge < -0.3 is 20.5 Å². The molecule has 5 nitrogen and oxygen atoms in total. The Morgan fingerprint density at radius 1 is 1.45 bits per heavy atom. The molecule has 0 aromatic carbocycles. The van der Waals surface area contributed by atoms with Crippen molar-refractivity contribution in [2.24, 2.45) is 5.73 Å². The van der Waals surface area contributed by atoms with Gasteiger partial charge in [0.25, 0.3) is 0 Å². The maximum absolute atomic E-state index is 9.36. The van der Waals surface area contributed by atoms with E-state index >= 15 is 0 Å². The molecule has 3 N–H and O–H groups in total. The fraction of sp³-hybridized carbons (Fsp3) is 0.667. The van der Waals surface area contributed by atoms with Crippen LogP contribution >= 0.6 is 0 Å². The second-order valence-electron chi connectivity index (χ2n) is 5.79. The minimum Gasteiger partial charge on any atom is -0.394 e. The Labute approximate surface area is 119 Å². The molecule has 2 atom stereocenters. The molecule has 5 heteroatoms. The number of pyridine rings is 1. The highest BCUT2D eigenvalue weighted by Crippen LogP contribution is 2.28. The minimum atomic E-state index is -0.139. The maximum Gasteiger partial charge on any atom is 0.133 e. The van der Waals surface area contributed by atoms with Crippen molar-refractivity contribution in [2.75, 3.05) is 24.6 Å². The van der Waals surface area contributed by atoms with Crippen molar-refractivity contribution in [3.8, 4) is 0 Å². The normalized spacial score (nSPS) is 25.9. The first-order valence-electron chi connectivity index (χ1n) is 7.44. The summed E-state index contributed by atoms with van der Waals surface area (Å²) in [5, 5.41) is 9.36. The summed E-state index contributed by atoms with van der Waals surface area (Å²) in [5.74, 6) is 0.988. The number of nitrogens with zero attached hydrogens (tertiary/aromatic N) is 2. The molecule has 1 aromatic rings. The Morgan fingerprint density at radius 3 is 3.05 bits per heavy atom. The SMILES string of the molecule is CC1CN(c2nc3c(cc2CN)CCC3)CC(CO)O1. The standard InChI is InChI=1S/C15H23N3O2/c1-10-7-18(8-13(9-19)20-10)15-12(6-16)5-11-3-2-4-14(11)17-15/h5,10,13,19H,2-4,6-9,16H2,1H3.